The molecule has 2 rings (SSSR count). The average Bonchev–Trinajstić information content (AvgIpc) is 2.82. The molecule has 1 aromatic rings. The van der Waals surface area contributed by atoms with Gasteiger partial charge < -0.3 is 15.4 Å². The molecule has 1 heterocycles. The summed E-state index contributed by atoms with van der Waals surface area (Å²) in [4.78, 5) is 11.8. The van der Waals surface area contributed by atoms with E-state index in [1.165, 1.54) is 12.1 Å². The highest BCUT2D eigenvalue weighted by atomic mass is 32.2. The van der Waals surface area contributed by atoms with Crippen LogP contribution in [0.4, 0.5) is 0 Å². The van der Waals surface area contributed by atoms with E-state index in [1.807, 2.05) is 0 Å². The van der Waals surface area contributed by atoms with Gasteiger partial charge in [-0.1, -0.05) is 12.1 Å². The molecule has 7 heteroatoms. The van der Waals surface area contributed by atoms with Gasteiger partial charge >= 0.3 is 7.12 Å². The molecule has 1 aliphatic heterocycles. The SMILES string of the molecule is O=C(N[C@@H]1NCCS1)c1ccc(B(O)O)cc1. The van der Waals surface area contributed by atoms with E-state index < -0.39 is 7.12 Å². The van der Waals surface area contributed by atoms with Crippen molar-refractivity contribution < 1.29 is 14.8 Å². The first-order valence-electron chi connectivity index (χ1n) is 5.29. The molecule has 1 atom stereocenters. The van der Waals surface area contributed by atoms with Gasteiger partial charge in [-0.3, -0.25) is 10.1 Å². The van der Waals surface area contributed by atoms with Gasteiger partial charge in [0.15, 0.2) is 0 Å². The summed E-state index contributed by atoms with van der Waals surface area (Å²) in [6, 6.07) is 6.19. The number of benzene rings is 1. The number of hydrogen-bond acceptors (Lipinski definition) is 5. The predicted octanol–water partition coefficient (Wildman–Crippen LogP) is -1.28. The number of hydrogen-bond donors (Lipinski definition) is 4. The summed E-state index contributed by atoms with van der Waals surface area (Å²) in [6.45, 7) is 0.894. The predicted molar refractivity (Wildman–Crippen MR) is 68.0 cm³/mol. The van der Waals surface area contributed by atoms with Crippen LogP contribution in [0.5, 0.6) is 0 Å². The van der Waals surface area contributed by atoms with Crippen LogP contribution in [0.3, 0.4) is 0 Å². The highest BCUT2D eigenvalue weighted by molar-refractivity contribution is 8.00. The van der Waals surface area contributed by atoms with E-state index in [9.17, 15) is 4.79 Å². The molecule has 0 saturated carbocycles. The third-order valence-corrected chi connectivity index (χ3v) is 3.51. The van der Waals surface area contributed by atoms with E-state index in [0.29, 0.717) is 11.0 Å². The van der Waals surface area contributed by atoms with Crippen LogP contribution in [0.25, 0.3) is 0 Å². The minimum Gasteiger partial charge on any atom is -0.423 e. The maximum absolute atomic E-state index is 11.8. The van der Waals surface area contributed by atoms with Crippen LogP contribution in [0.2, 0.25) is 0 Å². The summed E-state index contributed by atoms with van der Waals surface area (Å²) in [7, 11) is -1.50. The van der Waals surface area contributed by atoms with Gasteiger partial charge in [0, 0.05) is 17.9 Å². The lowest BCUT2D eigenvalue weighted by Gasteiger charge is -2.12. The molecule has 0 aromatic heterocycles. The lowest BCUT2D eigenvalue weighted by Crippen LogP contribution is -2.39. The summed E-state index contributed by atoms with van der Waals surface area (Å²) < 4.78 is 0. The summed E-state index contributed by atoms with van der Waals surface area (Å²) >= 11 is 1.65. The van der Waals surface area contributed by atoms with Gasteiger partial charge in [-0.15, -0.1) is 11.8 Å². The lowest BCUT2D eigenvalue weighted by atomic mass is 9.80. The molecule has 4 N–H and O–H groups in total. The second-order valence-electron chi connectivity index (χ2n) is 3.67. The van der Waals surface area contributed by atoms with Crippen LogP contribution < -0.4 is 16.1 Å². The van der Waals surface area contributed by atoms with E-state index in [-0.39, 0.29) is 11.4 Å². The molecular weight excluding hydrogens is 239 g/mol. The summed E-state index contributed by atoms with van der Waals surface area (Å²) in [6.07, 6.45) is 0. The lowest BCUT2D eigenvalue weighted by molar-refractivity contribution is 0.0946. The van der Waals surface area contributed by atoms with Gasteiger partial charge in [0.2, 0.25) is 0 Å². The quantitative estimate of drug-likeness (QED) is 0.504. The standard InChI is InChI=1S/C10H13BN2O3S/c14-9(13-10-12-5-6-17-10)7-1-3-8(4-2-7)11(15)16/h1-4,10,12,15-16H,5-6H2,(H,13,14)/t10-/m0/s1. The second-order valence-corrected chi connectivity index (χ2v) is 4.89. The first-order chi connectivity index (χ1) is 8.16. The molecule has 0 radical (unpaired) electrons. The van der Waals surface area contributed by atoms with Gasteiger partial charge in [-0.25, -0.2) is 0 Å². The number of carbonyl (C=O) groups is 1. The zero-order chi connectivity index (χ0) is 12.3. The fraction of sp³-hybridized carbons (Fsp3) is 0.300. The van der Waals surface area contributed by atoms with E-state index in [0.717, 1.165) is 12.3 Å². The molecule has 0 bridgehead atoms. The van der Waals surface area contributed by atoms with Crippen molar-refractivity contribution in [3.63, 3.8) is 0 Å². The largest absolute Gasteiger partial charge is 0.488 e. The Morgan fingerprint density at radius 2 is 2.12 bits per heavy atom. The third kappa shape index (κ3) is 3.23. The van der Waals surface area contributed by atoms with Crippen molar-refractivity contribution in [2.75, 3.05) is 12.3 Å². The summed E-state index contributed by atoms with van der Waals surface area (Å²) in [5.41, 5.74) is 0.837. The Balaban J connectivity index is 1.98. The number of carbonyl (C=O) groups excluding carboxylic acids is 1. The highest BCUT2D eigenvalue weighted by Gasteiger charge is 2.18. The molecule has 17 heavy (non-hydrogen) atoms. The first kappa shape index (κ1) is 12.4. The van der Waals surface area contributed by atoms with Crippen molar-refractivity contribution in [3.05, 3.63) is 29.8 Å². The number of nitrogens with one attached hydrogen (secondary N) is 2. The maximum atomic E-state index is 11.8. The topological polar surface area (TPSA) is 81.6 Å². The van der Waals surface area contributed by atoms with Crippen LogP contribution in [0.15, 0.2) is 24.3 Å². The minimum atomic E-state index is -1.50. The van der Waals surface area contributed by atoms with Gasteiger partial charge in [-0.05, 0) is 17.6 Å². The van der Waals surface area contributed by atoms with E-state index in [1.54, 1.807) is 23.9 Å². The minimum absolute atomic E-state index is 0.0365. The molecule has 0 spiro atoms. The zero-order valence-corrected chi connectivity index (χ0v) is 9.91. The third-order valence-electron chi connectivity index (χ3n) is 2.45. The summed E-state index contributed by atoms with van der Waals surface area (Å²) in [5, 5.41) is 23.8. The summed E-state index contributed by atoms with van der Waals surface area (Å²) in [5.74, 6) is 0.816. The molecule has 0 aliphatic carbocycles. The molecule has 0 unspecified atom stereocenters. The normalized spacial score (nSPS) is 19.1. The van der Waals surface area contributed by atoms with Crippen molar-refractivity contribution in [1.82, 2.24) is 10.6 Å². The van der Waals surface area contributed by atoms with Crippen molar-refractivity contribution in [3.8, 4) is 0 Å². The van der Waals surface area contributed by atoms with E-state index in [2.05, 4.69) is 10.6 Å². The number of thioether (sulfide) groups is 1. The highest BCUT2D eigenvalue weighted by Crippen LogP contribution is 2.11. The van der Waals surface area contributed by atoms with Crippen molar-refractivity contribution >= 4 is 30.3 Å². The van der Waals surface area contributed by atoms with Gasteiger partial charge in [0.05, 0.1) is 0 Å². The fourth-order valence-electron chi connectivity index (χ4n) is 1.53. The van der Waals surface area contributed by atoms with Gasteiger partial charge in [0.1, 0.15) is 5.50 Å². The second kappa shape index (κ2) is 5.55. The zero-order valence-electron chi connectivity index (χ0n) is 9.09. The molecule has 1 fully saturated rings. The van der Waals surface area contributed by atoms with Crippen molar-refractivity contribution in [2.24, 2.45) is 0 Å². The first-order valence-corrected chi connectivity index (χ1v) is 6.33. The number of amides is 1. The Bertz CT molecular complexity index is 393. The van der Waals surface area contributed by atoms with E-state index in [4.69, 9.17) is 10.0 Å². The molecule has 1 amide bonds. The molecule has 90 valence electrons. The molecular formula is C10H13BN2O3S. The Morgan fingerprint density at radius 3 is 2.65 bits per heavy atom. The Hall–Kier alpha value is -1.02. The van der Waals surface area contributed by atoms with Gasteiger partial charge in [0.25, 0.3) is 5.91 Å². The van der Waals surface area contributed by atoms with Crippen LogP contribution >= 0.6 is 11.8 Å². The molecule has 1 aliphatic rings. The molecule has 5 nitrogen and oxygen atoms in total. The smallest absolute Gasteiger partial charge is 0.423 e. The Kier molecular flexibility index (Phi) is 4.06. The fourth-order valence-corrected chi connectivity index (χ4v) is 2.42. The average molecular weight is 252 g/mol. The molecule has 1 aromatic carbocycles. The monoisotopic (exact) mass is 252 g/mol. The maximum Gasteiger partial charge on any atom is 0.488 e. The van der Waals surface area contributed by atoms with Crippen LogP contribution in [-0.2, 0) is 0 Å². The Labute approximate surface area is 104 Å². The van der Waals surface area contributed by atoms with Crippen LogP contribution in [-0.4, -0.2) is 40.9 Å². The molecule has 1 saturated heterocycles. The van der Waals surface area contributed by atoms with E-state index >= 15 is 0 Å². The Morgan fingerprint density at radius 1 is 1.41 bits per heavy atom. The van der Waals surface area contributed by atoms with Crippen LogP contribution in [0.1, 0.15) is 10.4 Å². The van der Waals surface area contributed by atoms with Gasteiger partial charge in [-0.2, -0.15) is 0 Å². The van der Waals surface area contributed by atoms with Crippen LogP contribution in [0, 0.1) is 0 Å². The van der Waals surface area contributed by atoms with Crippen molar-refractivity contribution in [2.45, 2.75) is 5.50 Å². The van der Waals surface area contributed by atoms with Crippen molar-refractivity contribution in [1.29, 1.82) is 0 Å². The number of rotatable bonds is 3.